The molecule has 1 aliphatic heterocycles. The Morgan fingerprint density at radius 1 is 1.26 bits per heavy atom. The minimum atomic E-state index is 0.720. The van der Waals surface area contributed by atoms with E-state index >= 15 is 0 Å². The van der Waals surface area contributed by atoms with Crippen LogP contribution >= 0.6 is 11.8 Å². The smallest absolute Gasteiger partial charge is 0.156 e. The molecule has 0 amide bonds. The van der Waals surface area contributed by atoms with Gasteiger partial charge in [0, 0.05) is 11.8 Å². The quantitative estimate of drug-likeness (QED) is 0.812. The molecule has 2 aliphatic rings. The molecule has 1 fully saturated rings. The molecular formula is C16H30N2S. The molecule has 1 aliphatic carbocycles. The van der Waals surface area contributed by atoms with Gasteiger partial charge in [-0.15, -0.1) is 0 Å². The van der Waals surface area contributed by atoms with Gasteiger partial charge in [-0.3, -0.25) is 4.99 Å². The van der Waals surface area contributed by atoms with Gasteiger partial charge in [0.05, 0.1) is 6.54 Å². The van der Waals surface area contributed by atoms with Gasteiger partial charge in [-0.2, -0.15) is 0 Å². The van der Waals surface area contributed by atoms with E-state index < -0.39 is 0 Å². The number of nitrogens with one attached hydrogen (secondary N) is 1. The zero-order valence-electron chi connectivity index (χ0n) is 12.8. The average Bonchev–Trinajstić information content (AvgIpc) is 2.78. The number of amidine groups is 1. The summed E-state index contributed by atoms with van der Waals surface area (Å²) in [6, 6.07) is 0. The van der Waals surface area contributed by atoms with Gasteiger partial charge in [-0.25, -0.2) is 0 Å². The van der Waals surface area contributed by atoms with Crippen LogP contribution in [0.25, 0.3) is 0 Å². The highest BCUT2D eigenvalue weighted by molar-refractivity contribution is 8.14. The molecule has 1 heterocycles. The van der Waals surface area contributed by atoms with Crippen LogP contribution in [0.2, 0.25) is 0 Å². The molecule has 0 aromatic rings. The molecule has 2 nitrogen and oxygen atoms in total. The summed E-state index contributed by atoms with van der Waals surface area (Å²) < 4.78 is 0. The van der Waals surface area contributed by atoms with E-state index in [2.05, 4.69) is 31.1 Å². The maximum absolute atomic E-state index is 4.63. The molecule has 0 bridgehead atoms. The third kappa shape index (κ3) is 5.37. The molecule has 1 atom stereocenters. The predicted octanol–water partition coefficient (Wildman–Crippen LogP) is 4.31. The maximum Gasteiger partial charge on any atom is 0.156 e. The summed E-state index contributed by atoms with van der Waals surface area (Å²) in [6.07, 6.45) is 8.39. The Labute approximate surface area is 123 Å². The Hall–Kier alpha value is -0.180. The predicted molar refractivity (Wildman–Crippen MR) is 86.9 cm³/mol. The van der Waals surface area contributed by atoms with Crippen LogP contribution in [0.1, 0.15) is 59.3 Å². The van der Waals surface area contributed by atoms with Gasteiger partial charge in [0.25, 0.3) is 0 Å². The molecule has 110 valence electrons. The highest BCUT2D eigenvalue weighted by Crippen LogP contribution is 2.30. The molecular weight excluding hydrogens is 252 g/mol. The Morgan fingerprint density at radius 3 is 2.68 bits per heavy atom. The van der Waals surface area contributed by atoms with E-state index in [4.69, 9.17) is 0 Å². The second kappa shape index (κ2) is 7.56. The van der Waals surface area contributed by atoms with Crippen molar-refractivity contribution in [3.63, 3.8) is 0 Å². The van der Waals surface area contributed by atoms with Crippen LogP contribution in [0.3, 0.4) is 0 Å². The summed E-state index contributed by atoms with van der Waals surface area (Å²) in [5, 5.41) is 5.48. The second-order valence-corrected chi connectivity index (χ2v) is 8.15. The van der Waals surface area contributed by atoms with E-state index in [1.807, 2.05) is 11.8 Å². The lowest BCUT2D eigenvalue weighted by atomic mass is 9.81. The lowest BCUT2D eigenvalue weighted by Crippen LogP contribution is -2.24. The molecule has 1 unspecified atom stereocenters. The molecule has 0 aromatic heterocycles. The normalized spacial score (nSPS) is 31.6. The SMILES string of the molecule is CC(C)CC1CN=C(NCCC2CCC(C)CC2)S1. The molecule has 1 saturated carbocycles. The Balaban J connectivity index is 1.57. The number of thioether (sulfide) groups is 1. The van der Waals surface area contributed by atoms with Crippen molar-refractivity contribution < 1.29 is 0 Å². The maximum atomic E-state index is 4.63. The third-order valence-corrected chi connectivity index (χ3v) is 5.59. The van der Waals surface area contributed by atoms with Crippen LogP contribution in [0, 0.1) is 17.8 Å². The van der Waals surface area contributed by atoms with E-state index in [0.29, 0.717) is 0 Å². The van der Waals surface area contributed by atoms with Crippen LogP contribution in [-0.4, -0.2) is 23.5 Å². The average molecular weight is 282 g/mol. The number of hydrogen-bond donors (Lipinski definition) is 1. The van der Waals surface area contributed by atoms with Crippen molar-refractivity contribution in [3.05, 3.63) is 0 Å². The second-order valence-electron chi connectivity index (χ2n) is 6.86. The van der Waals surface area contributed by atoms with Crippen molar-refractivity contribution in [2.75, 3.05) is 13.1 Å². The number of rotatable bonds is 5. The van der Waals surface area contributed by atoms with Gasteiger partial charge in [-0.1, -0.05) is 58.2 Å². The van der Waals surface area contributed by atoms with E-state index in [1.54, 1.807) is 0 Å². The molecule has 0 saturated heterocycles. The van der Waals surface area contributed by atoms with E-state index in [1.165, 1.54) is 43.7 Å². The minimum absolute atomic E-state index is 0.720. The van der Waals surface area contributed by atoms with E-state index in [-0.39, 0.29) is 0 Å². The first kappa shape index (κ1) is 15.2. The van der Waals surface area contributed by atoms with Gasteiger partial charge in [0.15, 0.2) is 5.17 Å². The van der Waals surface area contributed by atoms with Crippen LogP contribution in [0.15, 0.2) is 4.99 Å². The summed E-state index contributed by atoms with van der Waals surface area (Å²) >= 11 is 1.96. The van der Waals surface area contributed by atoms with Crippen molar-refractivity contribution in [2.45, 2.75) is 64.5 Å². The van der Waals surface area contributed by atoms with Crippen LogP contribution in [0.5, 0.6) is 0 Å². The van der Waals surface area contributed by atoms with Crippen molar-refractivity contribution in [1.29, 1.82) is 0 Å². The largest absolute Gasteiger partial charge is 0.365 e. The molecule has 0 spiro atoms. The zero-order valence-corrected chi connectivity index (χ0v) is 13.6. The van der Waals surface area contributed by atoms with Gasteiger partial charge in [0.2, 0.25) is 0 Å². The van der Waals surface area contributed by atoms with Gasteiger partial charge < -0.3 is 5.32 Å². The lowest BCUT2D eigenvalue weighted by molar-refractivity contribution is 0.278. The Bertz CT molecular complexity index is 293. The molecule has 0 radical (unpaired) electrons. The minimum Gasteiger partial charge on any atom is -0.365 e. The summed E-state index contributed by atoms with van der Waals surface area (Å²) in [6.45, 7) is 9.14. The summed E-state index contributed by atoms with van der Waals surface area (Å²) in [5.41, 5.74) is 0. The van der Waals surface area contributed by atoms with Crippen molar-refractivity contribution >= 4 is 16.9 Å². The summed E-state index contributed by atoms with van der Waals surface area (Å²) in [7, 11) is 0. The number of nitrogens with zero attached hydrogens (tertiary/aromatic N) is 1. The first-order valence-corrected chi connectivity index (χ1v) is 8.96. The fraction of sp³-hybridized carbons (Fsp3) is 0.938. The Kier molecular flexibility index (Phi) is 6.06. The summed E-state index contributed by atoms with van der Waals surface area (Å²) in [5.74, 6) is 2.72. The van der Waals surface area contributed by atoms with Gasteiger partial charge in [-0.05, 0) is 30.6 Å². The number of hydrogen-bond acceptors (Lipinski definition) is 3. The lowest BCUT2D eigenvalue weighted by Gasteiger charge is -2.26. The van der Waals surface area contributed by atoms with Crippen LogP contribution in [-0.2, 0) is 0 Å². The first-order chi connectivity index (χ1) is 9.13. The van der Waals surface area contributed by atoms with Gasteiger partial charge >= 0.3 is 0 Å². The van der Waals surface area contributed by atoms with Crippen LogP contribution < -0.4 is 5.32 Å². The molecule has 3 heteroatoms. The standard InChI is InChI=1S/C16H30N2S/c1-12(2)10-15-11-18-16(19-15)17-9-8-14-6-4-13(3)5-7-14/h12-15H,4-11H2,1-3H3,(H,17,18). The molecule has 0 aromatic carbocycles. The first-order valence-electron chi connectivity index (χ1n) is 8.08. The van der Waals surface area contributed by atoms with Crippen molar-refractivity contribution in [2.24, 2.45) is 22.7 Å². The van der Waals surface area contributed by atoms with Crippen LogP contribution in [0.4, 0.5) is 0 Å². The summed E-state index contributed by atoms with van der Waals surface area (Å²) in [4.78, 5) is 4.63. The highest BCUT2D eigenvalue weighted by Gasteiger charge is 2.21. The van der Waals surface area contributed by atoms with Gasteiger partial charge in [0.1, 0.15) is 0 Å². The number of aliphatic imine (C=N–C) groups is 1. The van der Waals surface area contributed by atoms with Crippen molar-refractivity contribution in [3.8, 4) is 0 Å². The highest BCUT2D eigenvalue weighted by atomic mass is 32.2. The van der Waals surface area contributed by atoms with E-state index in [0.717, 1.165) is 36.1 Å². The molecule has 19 heavy (non-hydrogen) atoms. The molecule has 1 N–H and O–H groups in total. The zero-order chi connectivity index (χ0) is 13.7. The fourth-order valence-corrected chi connectivity index (χ4v) is 4.44. The molecule has 2 rings (SSSR count). The van der Waals surface area contributed by atoms with Crippen molar-refractivity contribution in [1.82, 2.24) is 5.32 Å². The Morgan fingerprint density at radius 2 is 2.00 bits per heavy atom. The third-order valence-electron chi connectivity index (χ3n) is 4.42. The monoisotopic (exact) mass is 282 g/mol. The topological polar surface area (TPSA) is 24.4 Å². The van der Waals surface area contributed by atoms with E-state index in [9.17, 15) is 0 Å². The fourth-order valence-electron chi connectivity index (χ4n) is 3.16.